The van der Waals surface area contributed by atoms with E-state index in [4.69, 9.17) is 0 Å². The van der Waals surface area contributed by atoms with Crippen molar-refractivity contribution in [2.75, 3.05) is 7.05 Å². The molecule has 0 unspecified atom stereocenters. The average Bonchev–Trinajstić information content (AvgIpc) is 2.47. The maximum atomic E-state index is 3.24. The quantitative estimate of drug-likeness (QED) is 0.841. The van der Waals surface area contributed by atoms with Crippen LogP contribution in [0.3, 0.4) is 0 Å². The number of rotatable bonds is 3. The van der Waals surface area contributed by atoms with Crippen molar-refractivity contribution in [1.29, 1.82) is 0 Å². The first-order chi connectivity index (χ1) is 9.88. The lowest BCUT2D eigenvalue weighted by atomic mass is 9.84. The number of hydrogen-bond acceptors (Lipinski definition) is 1. The van der Waals surface area contributed by atoms with E-state index in [9.17, 15) is 0 Å². The molecule has 0 heterocycles. The Morgan fingerprint density at radius 1 is 0.762 bits per heavy atom. The number of benzene rings is 2. The highest BCUT2D eigenvalue weighted by Gasteiger charge is 2.15. The maximum absolute atomic E-state index is 3.24. The average molecular weight is 281 g/mol. The first-order valence-electron chi connectivity index (χ1n) is 7.70. The summed E-state index contributed by atoms with van der Waals surface area (Å²) in [6, 6.07) is 6.80. The molecule has 0 fully saturated rings. The van der Waals surface area contributed by atoms with Gasteiger partial charge >= 0.3 is 0 Å². The Kier molecular flexibility index (Phi) is 4.53. The molecule has 0 amide bonds. The summed E-state index contributed by atoms with van der Waals surface area (Å²) in [6.07, 6.45) is 0. The monoisotopic (exact) mass is 281 g/mol. The zero-order valence-corrected chi connectivity index (χ0v) is 14.4. The first-order valence-corrected chi connectivity index (χ1v) is 7.70. The van der Waals surface area contributed by atoms with E-state index in [1.54, 1.807) is 0 Å². The Bertz CT molecular complexity index is 652. The van der Waals surface area contributed by atoms with E-state index < -0.39 is 0 Å². The van der Waals surface area contributed by atoms with Crippen LogP contribution >= 0.6 is 0 Å². The third-order valence-electron chi connectivity index (χ3n) is 4.95. The lowest BCUT2D eigenvalue weighted by Gasteiger charge is -2.21. The van der Waals surface area contributed by atoms with Gasteiger partial charge in [0.05, 0.1) is 0 Å². The second kappa shape index (κ2) is 6.03. The summed E-state index contributed by atoms with van der Waals surface area (Å²) in [6.45, 7) is 14.4. The Balaban J connectivity index is 2.75. The Hall–Kier alpha value is -1.60. The minimum atomic E-state index is 0.912. The van der Waals surface area contributed by atoms with Crippen LogP contribution in [0, 0.1) is 41.5 Å². The molecule has 0 bridgehead atoms. The third kappa shape index (κ3) is 2.75. The van der Waals surface area contributed by atoms with Crippen LogP contribution < -0.4 is 5.32 Å². The molecule has 0 saturated carbocycles. The van der Waals surface area contributed by atoms with Crippen molar-refractivity contribution in [1.82, 2.24) is 5.32 Å². The van der Waals surface area contributed by atoms with Gasteiger partial charge in [0.1, 0.15) is 0 Å². The van der Waals surface area contributed by atoms with Gasteiger partial charge in [0.2, 0.25) is 0 Å². The lowest BCUT2D eigenvalue weighted by molar-refractivity contribution is 0.818. The van der Waals surface area contributed by atoms with Gasteiger partial charge < -0.3 is 5.32 Å². The zero-order chi connectivity index (χ0) is 15.7. The third-order valence-corrected chi connectivity index (χ3v) is 4.95. The number of aryl methyl sites for hydroxylation is 1. The van der Waals surface area contributed by atoms with Crippen molar-refractivity contribution >= 4 is 0 Å². The SMILES string of the molecule is CNCc1ccc(C)c(-c2c(C)c(C)c(C)c(C)c2C)c1. The molecule has 2 rings (SSSR count). The second-order valence-corrected chi connectivity index (χ2v) is 6.18. The maximum Gasteiger partial charge on any atom is 0.0202 e. The van der Waals surface area contributed by atoms with Gasteiger partial charge in [0, 0.05) is 6.54 Å². The van der Waals surface area contributed by atoms with E-state index in [0.29, 0.717) is 0 Å². The van der Waals surface area contributed by atoms with E-state index in [-0.39, 0.29) is 0 Å². The highest BCUT2D eigenvalue weighted by Crippen LogP contribution is 2.36. The second-order valence-electron chi connectivity index (χ2n) is 6.18. The van der Waals surface area contributed by atoms with E-state index in [1.807, 2.05) is 7.05 Å². The van der Waals surface area contributed by atoms with Gasteiger partial charge in [-0.3, -0.25) is 0 Å². The van der Waals surface area contributed by atoms with Gasteiger partial charge in [0.15, 0.2) is 0 Å². The molecule has 1 nitrogen and oxygen atoms in total. The van der Waals surface area contributed by atoms with Crippen LogP contribution in [0.25, 0.3) is 11.1 Å². The summed E-state index contributed by atoms with van der Waals surface area (Å²) in [5.74, 6) is 0. The van der Waals surface area contributed by atoms with Crippen LogP contribution in [0.1, 0.15) is 38.9 Å². The largest absolute Gasteiger partial charge is 0.316 e. The predicted octanol–water partition coefficient (Wildman–Crippen LogP) is 4.92. The molecule has 0 aliphatic carbocycles. The zero-order valence-electron chi connectivity index (χ0n) is 14.4. The molecule has 2 aromatic carbocycles. The van der Waals surface area contributed by atoms with E-state index in [0.717, 1.165) is 6.54 Å². The van der Waals surface area contributed by atoms with Gasteiger partial charge in [-0.05, 0) is 105 Å². The van der Waals surface area contributed by atoms with Crippen molar-refractivity contribution in [2.45, 2.75) is 48.1 Å². The van der Waals surface area contributed by atoms with E-state index in [1.165, 1.54) is 50.1 Å². The number of nitrogens with one attached hydrogen (secondary N) is 1. The van der Waals surface area contributed by atoms with Gasteiger partial charge in [-0.2, -0.15) is 0 Å². The molecule has 0 aromatic heterocycles. The van der Waals surface area contributed by atoms with Crippen molar-refractivity contribution in [3.05, 3.63) is 57.1 Å². The highest BCUT2D eigenvalue weighted by atomic mass is 14.8. The Labute approximate surface area is 129 Å². The van der Waals surface area contributed by atoms with Crippen LogP contribution in [-0.4, -0.2) is 7.05 Å². The van der Waals surface area contributed by atoms with Gasteiger partial charge in [-0.1, -0.05) is 12.1 Å². The van der Waals surface area contributed by atoms with Gasteiger partial charge in [-0.25, -0.2) is 0 Å². The smallest absolute Gasteiger partial charge is 0.0202 e. The van der Waals surface area contributed by atoms with E-state index >= 15 is 0 Å². The summed E-state index contributed by atoms with van der Waals surface area (Å²) in [5, 5.41) is 3.24. The Morgan fingerprint density at radius 2 is 1.29 bits per heavy atom. The van der Waals surface area contributed by atoms with Gasteiger partial charge in [0.25, 0.3) is 0 Å². The molecule has 0 aliphatic rings. The summed E-state index contributed by atoms with van der Waals surface area (Å²) < 4.78 is 0. The highest BCUT2D eigenvalue weighted by molar-refractivity contribution is 5.77. The lowest BCUT2D eigenvalue weighted by Crippen LogP contribution is -2.06. The molecule has 0 atom stereocenters. The molecule has 112 valence electrons. The fourth-order valence-electron chi connectivity index (χ4n) is 3.16. The Morgan fingerprint density at radius 3 is 1.81 bits per heavy atom. The van der Waals surface area contributed by atoms with Crippen molar-refractivity contribution < 1.29 is 0 Å². The standard InChI is InChI=1S/C20H27N/c1-12-8-9-18(11-21-7)10-19(12)20-16(5)14(3)13(2)15(4)17(20)6/h8-10,21H,11H2,1-7H3. The summed E-state index contributed by atoms with van der Waals surface area (Å²) >= 11 is 0. The molecule has 21 heavy (non-hydrogen) atoms. The molecule has 1 heteroatoms. The van der Waals surface area contributed by atoms with Crippen LogP contribution in [0.5, 0.6) is 0 Å². The normalized spacial score (nSPS) is 11.0. The molecule has 0 radical (unpaired) electrons. The predicted molar refractivity (Wildman–Crippen MR) is 93.1 cm³/mol. The summed E-state index contributed by atoms with van der Waals surface area (Å²) in [4.78, 5) is 0. The van der Waals surface area contributed by atoms with Gasteiger partial charge in [-0.15, -0.1) is 0 Å². The van der Waals surface area contributed by atoms with Crippen molar-refractivity contribution in [3.63, 3.8) is 0 Å². The first kappa shape index (κ1) is 15.8. The van der Waals surface area contributed by atoms with Crippen LogP contribution in [0.15, 0.2) is 18.2 Å². The fourth-order valence-corrected chi connectivity index (χ4v) is 3.16. The topological polar surface area (TPSA) is 12.0 Å². The number of hydrogen-bond donors (Lipinski definition) is 1. The minimum Gasteiger partial charge on any atom is -0.316 e. The summed E-state index contributed by atoms with van der Waals surface area (Å²) in [5.41, 5.74) is 12.6. The van der Waals surface area contributed by atoms with E-state index in [2.05, 4.69) is 65.1 Å². The van der Waals surface area contributed by atoms with Crippen LogP contribution in [0.4, 0.5) is 0 Å². The van der Waals surface area contributed by atoms with Crippen LogP contribution in [-0.2, 0) is 6.54 Å². The fraction of sp³-hybridized carbons (Fsp3) is 0.400. The van der Waals surface area contributed by atoms with Crippen molar-refractivity contribution in [3.8, 4) is 11.1 Å². The minimum absolute atomic E-state index is 0.912. The van der Waals surface area contributed by atoms with Crippen molar-refractivity contribution in [2.24, 2.45) is 0 Å². The molecule has 0 aliphatic heterocycles. The molecule has 1 N–H and O–H groups in total. The molecular weight excluding hydrogens is 254 g/mol. The molecule has 0 saturated heterocycles. The molecular formula is C20H27N. The summed E-state index contributed by atoms with van der Waals surface area (Å²) in [7, 11) is 2.00. The van der Waals surface area contributed by atoms with Crippen LogP contribution in [0.2, 0.25) is 0 Å². The molecule has 0 spiro atoms. The molecule has 2 aromatic rings.